The molecule has 0 aliphatic carbocycles. The molecule has 1 heterocycles. The summed E-state index contributed by atoms with van der Waals surface area (Å²) in [5, 5.41) is 92.1. The zero-order valence-electron chi connectivity index (χ0n) is 58.7. The van der Waals surface area contributed by atoms with Crippen LogP contribution in [-0.2, 0) is 86.4 Å². The van der Waals surface area contributed by atoms with Gasteiger partial charge in [0.25, 0.3) is 0 Å². The largest absolute Gasteiger partial charge is 0.493 e. The zero-order valence-corrected chi connectivity index (χ0v) is 58.7. The van der Waals surface area contributed by atoms with Crippen molar-refractivity contribution in [1.82, 2.24) is 63.1 Å². The molecule has 35 heteroatoms. The molecule has 9 atom stereocenters. The number of nitrogens with one attached hydrogen (secondary N) is 11. The summed E-state index contributed by atoms with van der Waals surface area (Å²) in [6.45, 7) is 1.96. The molecule has 0 aliphatic heterocycles. The van der Waals surface area contributed by atoms with Gasteiger partial charge in [-0.25, -0.2) is 14.4 Å². The fraction of sp³-hybridized carbons (Fsp3) is 0.403. The van der Waals surface area contributed by atoms with E-state index in [0.29, 0.717) is 27.6 Å². The van der Waals surface area contributed by atoms with Gasteiger partial charge in [0.05, 0.1) is 36.4 Å². The van der Waals surface area contributed by atoms with Gasteiger partial charge in [0.15, 0.2) is 0 Å². The van der Waals surface area contributed by atoms with Crippen LogP contribution in [0, 0.1) is 22.7 Å². The van der Waals surface area contributed by atoms with Gasteiger partial charge >= 0.3 is 35.9 Å². The predicted molar refractivity (Wildman–Crippen MR) is 377 cm³/mol. The number of rotatable bonds is 45. The Kier molecular flexibility index (Phi) is 34.2. The number of nitriles is 2. The predicted octanol–water partition coefficient (Wildman–Crippen LogP) is 0.777. The van der Waals surface area contributed by atoms with Crippen molar-refractivity contribution in [2.45, 2.75) is 159 Å². The topological polar surface area (TPSA) is 553 Å². The van der Waals surface area contributed by atoms with Crippen molar-refractivity contribution < 1.29 is 102 Å². The maximum absolute atomic E-state index is 15.0. The first-order valence-corrected chi connectivity index (χ1v) is 34.0. The minimum absolute atomic E-state index is 0.0395. The molecule has 5 rings (SSSR count). The molecule has 5 aromatic rings. The summed E-state index contributed by atoms with van der Waals surface area (Å²) in [7, 11) is 0. The highest BCUT2D eigenvalue weighted by molar-refractivity contribution is 5.98. The third-order valence-corrected chi connectivity index (χ3v) is 16.4. The number of nitrogens with zero attached hydrogens (tertiary/aromatic N) is 3. The van der Waals surface area contributed by atoms with Crippen LogP contribution in [0.3, 0.4) is 0 Å². The van der Waals surface area contributed by atoms with Gasteiger partial charge in [0.2, 0.25) is 53.2 Å². The van der Waals surface area contributed by atoms with Crippen LogP contribution in [0.4, 0.5) is 4.79 Å². The highest BCUT2D eigenvalue weighted by Gasteiger charge is 2.35. The lowest BCUT2D eigenvalue weighted by molar-refractivity contribution is -0.143. The molecule has 0 bridgehead atoms. The highest BCUT2D eigenvalue weighted by Crippen LogP contribution is 2.21. The van der Waals surface area contributed by atoms with Crippen LogP contribution < -0.4 is 57.9 Å². The quantitative estimate of drug-likeness (QED) is 0.0239. The molecule has 0 saturated heterocycles. The number of aliphatic carboxylic acids is 5. The summed E-state index contributed by atoms with van der Waals surface area (Å²) in [5.41, 5.74) is 2.64. The maximum Gasteiger partial charge on any atom is 0.326 e. The number of fused-ring (bicyclic) bond motifs is 1. The van der Waals surface area contributed by atoms with Crippen molar-refractivity contribution in [3.8, 4) is 17.9 Å². The number of carbonyl (C=O) groups is 15. The number of urea groups is 1. The molecule has 4 aromatic carbocycles. The number of carbonyl (C=O) groups excluding carboxylic acids is 10. The number of amides is 11. The monoisotopic (exact) mass is 1480 g/mol. The molecule has 0 unspecified atom stereocenters. The first kappa shape index (κ1) is 84.7. The number of hydrogen-bond acceptors (Lipinski definition) is 18. The van der Waals surface area contributed by atoms with Crippen LogP contribution in [0.25, 0.3) is 10.9 Å². The Bertz CT molecular complexity index is 4050. The molecule has 0 spiro atoms. The summed E-state index contributed by atoms with van der Waals surface area (Å²) in [6.07, 6.45) is -2.87. The van der Waals surface area contributed by atoms with E-state index in [0.717, 1.165) is 4.90 Å². The summed E-state index contributed by atoms with van der Waals surface area (Å²) in [4.78, 5) is 201. The number of aromatic nitrogens is 1. The summed E-state index contributed by atoms with van der Waals surface area (Å²) < 4.78 is 5.83. The molecule has 107 heavy (non-hydrogen) atoms. The van der Waals surface area contributed by atoms with Crippen LogP contribution in [0.15, 0.2) is 109 Å². The van der Waals surface area contributed by atoms with Gasteiger partial charge in [-0.05, 0) is 99.7 Å². The van der Waals surface area contributed by atoms with Gasteiger partial charge in [-0.2, -0.15) is 10.5 Å². The second-order valence-electron chi connectivity index (χ2n) is 24.9. The SMILES string of the molecule is CC(=O)N[C@@H](Cc1ccccc1)C(=O)N[C@@H](Cc1ccccc1)C(=O)N[C@@H](C)C(=O)N[C@@H](C)C(=O)N[C@@H](CCC(=O)O)C(=O)N[C@@H](CCC(=O)O)C(=O)N(CCCOc1cc(C#N)cc(C#N)c1)CC(=O)N[C@@H](Cc1c[nH]c2ccccc12)C(=O)NCCCC[C@H](NC(=O)N[C@@H](CCC(=O)O)C(=O)O)C(=O)O. The number of aromatic amines is 1. The molecular formula is C72H86N14O21. The van der Waals surface area contributed by atoms with Crippen LogP contribution in [0.2, 0.25) is 0 Å². The number of H-pyrrole nitrogens is 1. The van der Waals surface area contributed by atoms with Crippen molar-refractivity contribution in [3.63, 3.8) is 0 Å². The molecule has 0 saturated carbocycles. The Hall–Kier alpha value is -13.0. The van der Waals surface area contributed by atoms with E-state index in [9.17, 15) is 103 Å². The second-order valence-corrected chi connectivity index (χ2v) is 24.9. The smallest absolute Gasteiger partial charge is 0.326 e. The Balaban J connectivity index is 1.35. The van der Waals surface area contributed by atoms with E-state index in [4.69, 9.17) is 9.84 Å². The van der Waals surface area contributed by atoms with Crippen molar-refractivity contribution in [2.75, 3.05) is 26.2 Å². The highest BCUT2D eigenvalue weighted by atomic mass is 16.5. The number of unbranched alkanes of at least 4 members (excludes halogenated alkanes) is 1. The average molecular weight is 1480 g/mol. The minimum atomic E-state index is -1.86. The number of hydrogen-bond donors (Lipinski definition) is 16. The molecule has 570 valence electrons. The minimum Gasteiger partial charge on any atom is -0.493 e. The summed E-state index contributed by atoms with van der Waals surface area (Å²) in [6, 6.07) is 17.1. The van der Waals surface area contributed by atoms with E-state index in [1.165, 1.54) is 39.0 Å². The van der Waals surface area contributed by atoms with Crippen LogP contribution in [0.5, 0.6) is 5.75 Å². The molecule has 16 N–H and O–H groups in total. The Morgan fingerprint density at radius 3 is 1.50 bits per heavy atom. The lowest BCUT2D eigenvalue weighted by atomic mass is 10.0. The number of ether oxygens (including phenoxy) is 1. The first-order chi connectivity index (χ1) is 50.9. The molecule has 11 amide bonds. The summed E-state index contributed by atoms with van der Waals surface area (Å²) in [5.74, 6) is -15.5. The van der Waals surface area contributed by atoms with E-state index >= 15 is 0 Å². The normalized spacial score (nSPS) is 13.3. The van der Waals surface area contributed by atoms with Gasteiger partial charge in [-0.15, -0.1) is 0 Å². The molecule has 0 aliphatic rings. The Morgan fingerprint density at radius 2 is 0.953 bits per heavy atom. The van der Waals surface area contributed by atoms with Crippen LogP contribution >= 0.6 is 0 Å². The van der Waals surface area contributed by atoms with E-state index in [2.05, 4.69) is 52.8 Å². The molecule has 1 aromatic heterocycles. The third-order valence-electron chi connectivity index (χ3n) is 16.4. The van der Waals surface area contributed by atoms with Gasteiger partial charge in [-0.3, -0.25) is 57.5 Å². The van der Waals surface area contributed by atoms with Crippen LogP contribution in [0.1, 0.15) is 113 Å². The fourth-order valence-corrected chi connectivity index (χ4v) is 10.9. The van der Waals surface area contributed by atoms with Crippen molar-refractivity contribution in [3.05, 3.63) is 137 Å². The lowest BCUT2D eigenvalue weighted by Gasteiger charge is -2.29. The van der Waals surface area contributed by atoms with E-state index < -0.39 is 195 Å². The number of benzene rings is 4. The fourth-order valence-electron chi connectivity index (χ4n) is 10.9. The molecular weight excluding hydrogens is 1400 g/mol. The van der Waals surface area contributed by atoms with E-state index in [1.54, 1.807) is 91.1 Å². The number of carboxylic acids is 5. The Morgan fingerprint density at radius 1 is 0.486 bits per heavy atom. The molecule has 0 fully saturated rings. The first-order valence-electron chi connectivity index (χ1n) is 34.0. The number of para-hydroxylation sites is 1. The molecule has 0 radical (unpaired) electrons. The van der Waals surface area contributed by atoms with Gasteiger partial charge in [0, 0.05) is 75.6 Å². The zero-order chi connectivity index (χ0) is 78.7. The Labute approximate surface area is 613 Å². The third kappa shape index (κ3) is 29.7. The molecule has 35 nitrogen and oxygen atoms in total. The van der Waals surface area contributed by atoms with Crippen molar-refractivity contribution in [2.24, 2.45) is 0 Å². The average Bonchev–Trinajstić information content (AvgIpc) is 1.67. The van der Waals surface area contributed by atoms with Crippen molar-refractivity contribution in [1.29, 1.82) is 10.5 Å². The van der Waals surface area contributed by atoms with E-state index in [-0.39, 0.29) is 75.0 Å². The van der Waals surface area contributed by atoms with Gasteiger partial charge in [0.1, 0.15) is 60.1 Å². The van der Waals surface area contributed by atoms with Crippen molar-refractivity contribution >= 4 is 99.9 Å². The van der Waals surface area contributed by atoms with Gasteiger partial charge in [-0.1, -0.05) is 78.9 Å². The second kappa shape index (κ2) is 43.2. The standard InChI is InChI=1S/C72H86N14O21/c1-41(78-67(99)57(35-45-17-8-5-9-18-45)83-68(100)56(79-43(3)87)34-44-15-6-4-7-16-44)63(95)77-42(2)64(96)81-52(22-25-60(89)90)66(98)82-53(23-26-61(91)92)69(101)86(29-14-30-107-49-32-46(37-73)31-47(33-49)38-74)40-59(88)80-58(36-48-39-76-51-20-11-10-19-50(48)51)65(97)75-28-13-12-21-54(70(102)103)84-72(106)85-55(71(104)105)24-27-62(93)94/h4-11,15-20,31-33,39,41-42,52-58,76H,12-14,21-30,34-36,40H2,1-3H3,(H,75,97)(H,77,95)(H,78,99)(H,79,87)(H,80,88)(H,81,96)(H,82,98)(H,83,100)(H,89,90)(H,91,92)(H,93,94)(H,102,103)(H,104,105)(H2,84,85,106)/t41-,42-,52-,53-,54-,55-,56-,57-,58-/m0/s1. The number of carboxylic acid groups (broad SMARTS) is 5. The maximum atomic E-state index is 15.0. The summed E-state index contributed by atoms with van der Waals surface area (Å²) >= 11 is 0. The van der Waals surface area contributed by atoms with E-state index in [1.807, 2.05) is 17.5 Å². The van der Waals surface area contributed by atoms with Crippen LogP contribution in [-0.4, -0.2) is 205 Å². The lowest BCUT2D eigenvalue weighted by Crippen LogP contribution is -2.59. The van der Waals surface area contributed by atoms with Gasteiger partial charge < -0.3 is 93.3 Å².